The molecule has 0 saturated heterocycles. The zero-order valence-electron chi connectivity index (χ0n) is 18.2. The molecule has 0 aliphatic heterocycles. The summed E-state index contributed by atoms with van der Waals surface area (Å²) in [5, 5.41) is 8.17. The first kappa shape index (κ1) is 20.5. The smallest absolute Gasteiger partial charge is 0.293 e. The molecule has 2 aromatic carbocycles. The van der Waals surface area contributed by atoms with Crippen LogP contribution in [0.2, 0.25) is 0 Å². The summed E-state index contributed by atoms with van der Waals surface area (Å²) in [7, 11) is 0. The van der Waals surface area contributed by atoms with Crippen LogP contribution >= 0.6 is 11.3 Å². The van der Waals surface area contributed by atoms with Crippen LogP contribution in [-0.4, -0.2) is 16.6 Å². The van der Waals surface area contributed by atoms with Crippen LogP contribution in [0.25, 0.3) is 10.2 Å². The Bertz CT molecular complexity index is 1300. The molecule has 0 fully saturated rings. The van der Waals surface area contributed by atoms with Gasteiger partial charge < -0.3 is 4.42 Å². The van der Waals surface area contributed by atoms with Gasteiger partial charge in [0.2, 0.25) is 0 Å². The van der Waals surface area contributed by atoms with E-state index in [9.17, 15) is 4.79 Å². The summed E-state index contributed by atoms with van der Waals surface area (Å²) >= 11 is 1.45. The first-order valence-corrected chi connectivity index (χ1v) is 11.4. The minimum Gasteiger partial charge on any atom is -0.455 e. The van der Waals surface area contributed by atoms with E-state index in [4.69, 9.17) is 9.52 Å². The van der Waals surface area contributed by atoms with Gasteiger partial charge in [-0.2, -0.15) is 5.10 Å². The highest BCUT2D eigenvalue weighted by Crippen LogP contribution is 2.39. The number of hydrazone groups is 1. The molecule has 0 saturated carbocycles. The van der Waals surface area contributed by atoms with Crippen molar-refractivity contribution in [3.05, 3.63) is 77.2 Å². The lowest BCUT2D eigenvalue weighted by atomic mass is 9.75. The summed E-state index contributed by atoms with van der Waals surface area (Å²) in [5.41, 5.74) is 7.56. The second-order valence-corrected chi connectivity index (χ2v) is 9.88. The van der Waals surface area contributed by atoms with Crippen molar-refractivity contribution in [3.63, 3.8) is 0 Å². The van der Waals surface area contributed by atoms with Crippen LogP contribution in [0.4, 0.5) is 10.8 Å². The number of furan rings is 1. The SMILES string of the molecule is Cc1c(C(=O)Nc2nc3ccccc3s2)oc2c1/C(=N\Nc1ccccc1)CC(C)(C)C2. The number of para-hydroxylation sites is 2. The van der Waals surface area contributed by atoms with Crippen molar-refractivity contribution in [1.82, 2.24) is 4.98 Å². The number of amides is 1. The van der Waals surface area contributed by atoms with Crippen molar-refractivity contribution in [1.29, 1.82) is 0 Å². The van der Waals surface area contributed by atoms with E-state index in [1.54, 1.807) is 0 Å². The standard InChI is InChI=1S/C25H24N4O2S/c1-15-21-18(29-28-16-9-5-4-6-10-16)13-25(2,3)14-19(21)31-22(15)23(30)27-24-26-17-11-7-8-12-20(17)32-24/h4-12,28H,13-14H2,1-3H3,(H,26,27,30)/b29-18-. The van der Waals surface area contributed by atoms with E-state index in [0.29, 0.717) is 10.9 Å². The van der Waals surface area contributed by atoms with E-state index in [0.717, 1.165) is 51.3 Å². The molecule has 0 spiro atoms. The molecule has 6 nitrogen and oxygen atoms in total. The maximum atomic E-state index is 13.1. The summed E-state index contributed by atoms with van der Waals surface area (Å²) < 4.78 is 7.15. The molecule has 1 aliphatic carbocycles. The van der Waals surface area contributed by atoms with Crippen molar-refractivity contribution in [2.75, 3.05) is 10.7 Å². The summed E-state index contributed by atoms with van der Waals surface area (Å²) in [6.07, 6.45) is 1.54. The van der Waals surface area contributed by atoms with Crippen LogP contribution in [-0.2, 0) is 6.42 Å². The van der Waals surface area contributed by atoms with E-state index >= 15 is 0 Å². The number of nitrogens with one attached hydrogen (secondary N) is 2. The molecule has 162 valence electrons. The van der Waals surface area contributed by atoms with Crippen LogP contribution in [0.3, 0.4) is 0 Å². The normalized spacial score (nSPS) is 16.2. The quantitative estimate of drug-likeness (QED) is 0.365. The number of aromatic nitrogens is 1. The average molecular weight is 445 g/mol. The Morgan fingerprint density at radius 3 is 2.62 bits per heavy atom. The summed E-state index contributed by atoms with van der Waals surface area (Å²) in [4.78, 5) is 17.6. The Balaban J connectivity index is 1.46. The average Bonchev–Trinajstić information content (AvgIpc) is 3.32. The highest BCUT2D eigenvalue weighted by atomic mass is 32.1. The largest absolute Gasteiger partial charge is 0.455 e. The monoisotopic (exact) mass is 444 g/mol. The Hall–Kier alpha value is -3.45. The van der Waals surface area contributed by atoms with Crippen molar-refractivity contribution >= 4 is 44.0 Å². The third-order valence-corrected chi connectivity index (χ3v) is 6.56. The molecule has 0 unspecified atom stereocenters. The third kappa shape index (κ3) is 3.91. The third-order valence-electron chi connectivity index (χ3n) is 5.61. The van der Waals surface area contributed by atoms with Gasteiger partial charge in [-0.15, -0.1) is 0 Å². The van der Waals surface area contributed by atoms with Gasteiger partial charge in [-0.25, -0.2) is 4.98 Å². The van der Waals surface area contributed by atoms with Crippen molar-refractivity contribution in [3.8, 4) is 0 Å². The zero-order chi connectivity index (χ0) is 22.3. The maximum absolute atomic E-state index is 13.1. The number of hydrogen-bond acceptors (Lipinski definition) is 6. The van der Waals surface area contributed by atoms with E-state index in [1.807, 2.05) is 61.5 Å². The fourth-order valence-electron chi connectivity index (χ4n) is 4.15. The molecular formula is C25H24N4O2S. The van der Waals surface area contributed by atoms with Crippen molar-refractivity contribution in [2.24, 2.45) is 10.5 Å². The van der Waals surface area contributed by atoms with Gasteiger partial charge in [0.15, 0.2) is 10.9 Å². The molecule has 4 aromatic rings. The van der Waals surface area contributed by atoms with Gasteiger partial charge in [0.25, 0.3) is 5.91 Å². The second-order valence-electron chi connectivity index (χ2n) is 8.85. The van der Waals surface area contributed by atoms with E-state index in [1.165, 1.54) is 11.3 Å². The predicted molar refractivity (Wildman–Crippen MR) is 130 cm³/mol. The van der Waals surface area contributed by atoms with E-state index in [-0.39, 0.29) is 11.3 Å². The maximum Gasteiger partial charge on any atom is 0.293 e. The van der Waals surface area contributed by atoms with Gasteiger partial charge in [0, 0.05) is 17.5 Å². The molecule has 0 bridgehead atoms. The Morgan fingerprint density at radius 1 is 1.09 bits per heavy atom. The van der Waals surface area contributed by atoms with Gasteiger partial charge in [-0.1, -0.05) is 55.5 Å². The van der Waals surface area contributed by atoms with Crippen molar-refractivity contribution in [2.45, 2.75) is 33.6 Å². The topological polar surface area (TPSA) is 79.5 Å². The van der Waals surface area contributed by atoms with Gasteiger partial charge in [-0.05, 0) is 43.0 Å². The second kappa shape index (κ2) is 7.91. The van der Waals surface area contributed by atoms with Crippen LogP contribution in [0.15, 0.2) is 64.1 Å². The molecule has 0 radical (unpaired) electrons. The van der Waals surface area contributed by atoms with Gasteiger partial charge in [0.1, 0.15) is 5.76 Å². The molecule has 2 aromatic heterocycles. The van der Waals surface area contributed by atoms with E-state index < -0.39 is 0 Å². The first-order valence-electron chi connectivity index (χ1n) is 10.6. The number of nitrogens with zero attached hydrogens (tertiary/aromatic N) is 2. The highest BCUT2D eigenvalue weighted by Gasteiger charge is 2.36. The number of carbonyl (C=O) groups is 1. The molecule has 7 heteroatoms. The molecule has 2 heterocycles. The minimum atomic E-state index is -0.288. The van der Waals surface area contributed by atoms with Gasteiger partial charge in [-0.3, -0.25) is 15.5 Å². The van der Waals surface area contributed by atoms with Crippen LogP contribution in [0.5, 0.6) is 0 Å². The molecule has 5 rings (SSSR count). The van der Waals surface area contributed by atoms with E-state index in [2.05, 4.69) is 29.6 Å². The van der Waals surface area contributed by atoms with Crippen molar-refractivity contribution < 1.29 is 9.21 Å². The molecule has 32 heavy (non-hydrogen) atoms. The number of carbonyl (C=O) groups excluding carboxylic acids is 1. The predicted octanol–water partition coefficient (Wildman–Crippen LogP) is 6.24. The van der Waals surface area contributed by atoms with Gasteiger partial charge in [0.05, 0.1) is 21.6 Å². The Labute approximate surface area is 190 Å². The lowest BCUT2D eigenvalue weighted by molar-refractivity contribution is 0.0993. The molecule has 2 N–H and O–H groups in total. The van der Waals surface area contributed by atoms with Crippen LogP contribution in [0.1, 0.15) is 47.7 Å². The minimum absolute atomic E-state index is 0.0186. The van der Waals surface area contributed by atoms with Gasteiger partial charge >= 0.3 is 0 Å². The fraction of sp³-hybridized carbons (Fsp3) is 0.240. The highest BCUT2D eigenvalue weighted by molar-refractivity contribution is 7.22. The number of thiazole rings is 1. The fourth-order valence-corrected chi connectivity index (χ4v) is 5.01. The lowest BCUT2D eigenvalue weighted by Crippen LogP contribution is -2.27. The number of hydrogen-bond donors (Lipinski definition) is 2. The summed E-state index contributed by atoms with van der Waals surface area (Å²) in [6.45, 7) is 6.30. The Kier molecular flexibility index (Phi) is 5.06. The Morgan fingerprint density at radius 2 is 1.84 bits per heavy atom. The number of anilines is 2. The summed E-state index contributed by atoms with van der Waals surface area (Å²) in [5.74, 6) is 0.838. The zero-order valence-corrected chi connectivity index (χ0v) is 19.0. The summed E-state index contributed by atoms with van der Waals surface area (Å²) in [6, 6.07) is 17.7. The first-order chi connectivity index (χ1) is 15.4. The van der Waals surface area contributed by atoms with Crippen LogP contribution < -0.4 is 10.7 Å². The molecule has 1 aliphatic rings. The molecular weight excluding hydrogens is 420 g/mol. The van der Waals surface area contributed by atoms with Crippen LogP contribution in [0, 0.1) is 12.3 Å². The number of rotatable bonds is 4. The molecule has 0 atom stereocenters. The number of benzene rings is 2. The lowest BCUT2D eigenvalue weighted by Gasteiger charge is -2.29. The molecule has 1 amide bonds. The number of fused-ring (bicyclic) bond motifs is 2.